The van der Waals surface area contributed by atoms with Crippen LogP contribution >= 0.6 is 11.6 Å². The number of carbonyl (C=O) groups is 1. The highest BCUT2D eigenvalue weighted by Crippen LogP contribution is 2.20. The molecule has 0 spiro atoms. The van der Waals surface area contributed by atoms with E-state index < -0.39 is 32.1 Å². The van der Waals surface area contributed by atoms with E-state index in [0.29, 0.717) is 16.3 Å². The van der Waals surface area contributed by atoms with Gasteiger partial charge < -0.3 is 16.0 Å². The average molecular weight is 515 g/mol. The lowest BCUT2D eigenvalue weighted by Gasteiger charge is -2.10. The van der Waals surface area contributed by atoms with E-state index in [1.54, 1.807) is 48.5 Å². The molecular formula is C24H20ClFN4O4S. The fourth-order valence-corrected chi connectivity index (χ4v) is 4.54. The van der Waals surface area contributed by atoms with Gasteiger partial charge in [0.25, 0.3) is 5.91 Å². The average Bonchev–Trinajstić information content (AvgIpc) is 2.83. The second-order valence-electron chi connectivity index (χ2n) is 7.73. The van der Waals surface area contributed by atoms with E-state index in [9.17, 15) is 22.4 Å². The van der Waals surface area contributed by atoms with E-state index in [1.807, 2.05) is 0 Å². The Balaban J connectivity index is 1.60. The van der Waals surface area contributed by atoms with Crippen molar-refractivity contribution in [1.82, 2.24) is 15.0 Å². The highest BCUT2D eigenvalue weighted by Gasteiger charge is 2.20. The van der Waals surface area contributed by atoms with Gasteiger partial charge in [0.2, 0.25) is 15.5 Å². The Morgan fingerprint density at radius 2 is 1.63 bits per heavy atom. The van der Waals surface area contributed by atoms with Crippen LogP contribution in [0.25, 0.3) is 10.9 Å². The van der Waals surface area contributed by atoms with Crippen LogP contribution in [-0.4, -0.2) is 19.3 Å². The van der Waals surface area contributed by atoms with Gasteiger partial charge in [0.05, 0.1) is 15.8 Å². The first-order chi connectivity index (χ1) is 16.6. The molecule has 4 aromatic rings. The van der Waals surface area contributed by atoms with E-state index in [1.165, 1.54) is 0 Å². The molecule has 8 nitrogen and oxygen atoms in total. The van der Waals surface area contributed by atoms with Gasteiger partial charge in [-0.2, -0.15) is 0 Å². The molecule has 5 N–H and O–H groups in total. The summed E-state index contributed by atoms with van der Waals surface area (Å²) in [6, 6.07) is 15.2. The fourth-order valence-electron chi connectivity index (χ4n) is 3.36. The molecule has 0 saturated carbocycles. The molecule has 0 unspecified atom stereocenters. The van der Waals surface area contributed by atoms with Crippen LogP contribution in [-0.2, 0) is 23.1 Å². The van der Waals surface area contributed by atoms with E-state index in [2.05, 4.69) is 15.0 Å². The maximum absolute atomic E-state index is 14.7. The van der Waals surface area contributed by atoms with Crippen LogP contribution in [0.3, 0.4) is 0 Å². The minimum atomic E-state index is -4.17. The molecule has 0 radical (unpaired) electrons. The minimum absolute atomic E-state index is 0.0637. The van der Waals surface area contributed by atoms with Gasteiger partial charge >= 0.3 is 0 Å². The second kappa shape index (κ2) is 9.87. The van der Waals surface area contributed by atoms with Gasteiger partial charge in [0.1, 0.15) is 11.4 Å². The first kappa shape index (κ1) is 24.4. The zero-order valence-corrected chi connectivity index (χ0v) is 19.7. The number of nitrogen functional groups attached to an aromatic ring is 1. The van der Waals surface area contributed by atoms with Crippen LogP contribution in [0.1, 0.15) is 21.5 Å². The quantitative estimate of drug-likeness (QED) is 0.281. The lowest BCUT2D eigenvalue weighted by Crippen LogP contribution is -2.29. The van der Waals surface area contributed by atoms with Crippen molar-refractivity contribution in [1.29, 1.82) is 0 Å². The third-order valence-electron chi connectivity index (χ3n) is 5.28. The monoisotopic (exact) mass is 514 g/mol. The highest BCUT2D eigenvalue weighted by molar-refractivity contribution is 7.89. The van der Waals surface area contributed by atoms with Crippen LogP contribution in [0.4, 0.5) is 10.1 Å². The van der Waals surface area contributed by atoms with Gasteiger partial charge in [-0.25, -0.2) is 17.5 Å². The molecule has 35 heavy (non-hydrogen) atoms. The van der Waals surface area contributed by atoms with Crippen molar-refractivity contribution in [3.8, 4) is 0 Å². The zero-order valence-electron chi connectivity index (χ0n) is 18.1. The summed E-state index contributed by atoms with van der Waals surface area (Å²) in [5.41, 5.74) is 6.26. The third-order valence-corrected chi connectivity index (χ3v) is 6.91. The highest BCUT2D eigenvalue weighted by atomic mass is 35.5. The van der Waals surface area contributed by atoms with Crippen molar-refractivity contribution in [2.75, 3.05) is 5.73 Å². The Hall–Kier alpha value is -3.73. The third kappa shape index (κ3) is 5.51. The number of nitrogens with one attached hydrogen (secondary N) is 3. The number of aromatic amines is 1. The van der Waals surface area contributed by atoms with Gasteiger partial charge in [-0.3, -0.25) is 9.59 Å². The Labute approximate surface area is 205 Å². The number of amides is 1. The molecule has 0 aliphatic rings. The van der Waals surface area contributed by atoms with Crippen LogP contribution < -0.4 is 21.2 Å². The number of sulfonamides is 1. The number of rotatable bonds is 7. The van der Waals surface area contributed by atoms with Crippen molar-refractivity contribution in [2.24, 2.45) is 0 Å². The Morgan fingerprint density at radius 3 is 2.31 bits per heavy atom. The summed E-state index contributed by atoms with van der Waals surface area (Å²) in [6.45, 7) is 0.0666. The largest absolute Gasteiger partial charge is 0.399 e. The minimum Gasteiger partial charge on any atom is -0.399 e. The normalized spacial score (nSPS) is 11.5. The Bertz CT molecular complexity index is 1570. The van der Waals surface area contributed by atoms with Gasteiger partial charge in [0, 0.05) is 30.0 Å². The van der Waals surface area contributed by atoms with Crippen LogP contribution in [0, 0.1) is 5.82 Å². The zero-order chi connectivity index (χ0) is 25.2. The molecule has 1 heterocycles. The maximum atomic E-state index is 14.7. The Kier molecular flexibility index (Phi) is 6.88. The first-order valence-corrected chi connectivity index (χ1v) is 12.2. The summed E-state index contributed by atoms with van der Waals surface area (Å²) in [4.78, 5) is 27.7. The van der Waals surface area contributed by atoms with Crippen molar-refractivity contribution in [3.63, 3.8) is 0 Å². The number of benzene rings is 3. The molecule has 3 aromatic carbocycles. The summed E-state index contributed by atoms with van der Waals surface area (Å²) in [6.07, 6.45) is 1.10. The molecule has 1 amide bonds. The number of hydrogen-bond donors (Lipinski definition) is 4. The van der Waals surface area contributed by atoms with E-state index in [0.717, 1.165) is 23.9 Å². The predicted molar refractivity (Wildman–Crippen MR) is 132 cm³/mol. The van der Waals surface area contributed by atoms with Crippen molar-refractivity contribution >= 4 is 44.1 Å². The topological polar surface area (TPSA) is 134 Å². The number of pyridine rings is 1. The number of halogens is 2. The van der Waals surface area contributed by atoms with E-state index >= 15 is 0 Å². The SMILES string of the molecule is Nc1ccc(CNS(=O)(=O)c2cc(F)c3[nH]cc(C(=O)NCc4ccc(Cl)cc4)c(=O)c3c2)cc1. The smallest absolute Gasteiger partial charge is 0.257 e. The number of H-pyrrole nitrogens is 1. The summed E-state index contributed by atoms with van der Waals surface area (Å²) in [7, 11) is -4.17. The van der Waals surface area contributed by atoms with Crippen molar-refractivity contribution in [3.05, 3.63) is 105 Å². The molecule has 11 heteroatoms. The number of hydrogen-bond acceptors (Lipinski definition) is 5. The molecule has 0 aliphatic heterocycles. The molecule has 0 aliphatic carbocycles. The van der Waals surface area contributed by atoms with Crippen LogP contribution in [0.15, 0.2) is 76.6 Å². The summed E-state index contributed by atoms with van der Waals surface area (Å²) < 4.78 is 42.6. The number of aromatic nitrogens is 1. The van der Waals surface area contributed by atoms with Crippen molar-refractivity contribution < 1.29 is 17.6 Å². The number of fused-ring (bicyclic) bond motifs is 1. The predicted octanol–water partition coefficient (Wildman–Crippen LogP) is 3.31. The molecule has 0 bridgehead atoms. The molecule has 0 saturated heterocycles. The summed E-state index contributed by atoms with van der Waals surface area (Å²) in [5, 5.41) is 2.88. The molecule has 4 rings (SSSR count). The maximum Gasteiger partial charge on any atom is 0.257 e. The van der Waals surface area contributed by atoms with Crippen LogP contribution in [0.2, 0.25) is 5.02 Å². The summed E-state index contributed by atoms with van der Waals surface area (Å²) in [5.74, 6) is -1.64. The standard InChI is InChI=1S/C24H20ClFN4O4S/c25-16-5-1-14(2-6-16)11-29-24(32)20-13-28-22-19(23(20)31)9-18(10-21(22)26)35(33,34)30-12-15-3-7-17(27)8-4-15/h1-10,13,30H,11-12,27H2,(H,28,31)(H,29,32). The molecular weight excluding hydrogens is 495 g/mol. The molecule has 1 aromatic heterocycles. The molecule has 0 atom stereocenters. The fraction of sp³-hybridized carbons (Fsp3) is 0.0833. The van der Waals surface area contributed by atoms with E-state index in [-0.39, 0.29) is 29.6 Å². The van der Waals surface area contributed by atoms with Crippen molar-refractivity contribution in [2.45, 2.75) is 18.0 Å². The van der Waals surface area contributed by atoms with Gasteiger partial charge in [-0.05, 0) is 47.5 Å². The number of nitrogens with two attached hydrogens (primary N) is 1. The lowest BCUT2D eigenvalue weighted by molar-refractivity contribution is 0.0949. The van der Waals surface area contributed by atoms with E-state index in [4.69, 9.17) is 17.3 Å². The Morgan fingerprint density at radius 1 is 1.00 bits per heavy atom. The first-order valence-electron chi connectivity index (χ1n) is 10.4. The molecule has 0 fully saturated rings. The lowest BCUT2D eigenvalue weighted by atomic mass is 10.1. The second-order valence-corrected chi connectivity index (χ2v) is 9.94. The molecule has 180 valence electrons. The van der Waals surface area contributed by atoms with Gasteiger partial charge in [0.15, 0.2) is 0 Å². The summed E-state index contributed by atoms with van der Waals surface area (Å²) >= 11 is 5.85. The van der Waals surface area contributed by atoms with Gasteiger partial charge in [-0.15, -0.1) is 0 Å². The number of carbonyl (C=O) groups excluding carboxylic acids is 1. The number of anilines is 1. The van der Waals surface area contributed by atoms with Gasteiger partial charge in [-0.1, -0.05) is 35.9 Å². The van der Waals surface area contributed by atoms with Crippen LogP contribution in [0.5, 0.6) is 0 Å².